The topological polar surface area (TPSA) is 80.0 Å². The van der Waals surface area contributed by atoms with Crippen molar-refractivity contribution in [3.05, 3.63) is 87.8 Å². The van der Waals surface area contributed by atoms with Crippen LogP contribution in [0.1, 0.15) is 35.6 Å². The number of benzene rings is 2. The van der Waals surface area contributed by atoms with Crippen LogP contribution in [-0.4, -0.2) is 23.4 Å². The maximum absolute atomic E-state index is 13.2. The third-order valence-corrected chi connectivity index (χ3v) is 5.59. The van der Waals surface area contributed by atoms with Gasteiger partial charge in [-0.15, -0.1) is 0 Å². The summed E-state index contributed by atoms with van der Waals surface area (Å²) in [5, 5.41) is 11.5. The van der Waals surface area contributed by atoms with E-state index in [0.29, 0.717) is 29.6 Å². The number of rotatable bonds is 5. The van der Waals surface area contributed by atoms with Crippen molar-refractivity contribution in [3.63, 3.8) is 0 Å². The van der Waals surface area contributed by atoms with Gasteiger partial charge in [-0.2, -0.15) is 0 Å². The van der Waals surface area contributed by atoms with Gasteiger partial charge in [0, 0.05) is 11.3 Å². The number of Topliss-reactive ketones (excluding diaryl/α,β-unsaturated/α-hetero) is 1. The number of aliphatic hydroxyl groups excluding tert-OH is 1. The number of aryl methyl sites for hydroxylation is 2. The van der Waals surface area contributed by atoms with Crippen LogP contribution in [0, 0.1) is 13.8 Å². The fourth-order valence-electron chi connectivity index (χ4n) is 3.83. The molecule has 0 aliphatic carbocycles. The molecule has 0 spiro atoms. The highest BCUT2D eigenvalue weighted by Gasteiger charge is 2.48. The Morgan fingerprint density at radius 3 is 2.56 bits per heavy atom. The molecule has 1 saturated heterocycles. The van der Waals surface area contributed by atoms with E-state index in [1.165, 1.54) is 4.90 Å². The summed E-state index contributed by atoms with van der Waals surface area (Å²) >= 11 is 6.34. The van der Waals surface area contributed by atoms with Crippen molar-refractivity contribution < 1.29 is 23.8 Å². The van der Waals surface area contributed by atoms with Gasteiger partial charge in [0.1, 0.15) is 29.1 Å². The lowest BCUT2D eigenvalue weighted by Gasteiger charge is -2.23. The van der Waals surface area contributed by atoms with Crippen molar-refractivity contribution in [2.24, 2.45) is 0 Å². The molecule has 1 fully saturated rings. The second-order valence-electron chi connectivity index (χ2n) is 7.53. The van der Waals surface area contributed by atoms with Gasteiger partial charge in [0.15, 0.2) is 0 Å². The molecule has 1 aliphatic heterocycles. The third-order valence-electron chi connectivity index (χ3n) is 5.26. The molecule has 164 valence electrons. The van der Waals surface area contributed by atoms with Crippen LogP contribution in [0.2, 0.25) is 5.02 Å². The summed E-state index contributed by atoms with van der Waals surface area (Å²) in [6.07, 6.45) is 0. The number of hydrogen-bond donors (Lipinski definition) is 1. The number of hydrogen-bond acceptors (Lipinski definition) is 5. The van der Waals surface area contributed by atoms with Crippen LogP contribution < -0.4 is 9.64 Å². The van der Waals surface area contributed by atoms with Crippen molar-refractivity contribution in [2.75, 3.05) is 11.5 Å². The third kappa shape index (κ3) is 3.78. The number of ketones is 1. The van der Waals surface area contributed by atoms with Crippen LogP contribution in [0.15, 0.2) is 64.6 Å². The van der Waals surface area contributed by atoms with E-state index in [4.69, 9.17) is 20.8 Å². The highest BCUT2D eigenvalue weighted by molar-refractivity contribution is 6.52. The Labute approximate surface area is 190 Å². The van der Waals surface area contributed by atoms with Gasteiger partial charge in [0.2, 0.25) is 0 Å². The normalized spacial score (nSPS) is 17.8. The van der Waals surface area contributed by atoms with Crippen molar-refractivity contribution in [1.82, 2.24) is 0 Å². The summed E-state index contributed by atoms with van der Waals surface area (Å²) < 4.78 is 11.3. The second-order valence-corrected chi connectivity index (χ2v) is 7.94. The zero-order valence-corrected chi connectivity index (χ0v) is 18.6. The summed E-state index contributed by atoms with van der Waals surface area (Å²) in [7, 11) is 0. The molecule has 6 nitrogen and oxygen atoms in total. The van der Waals surface area contributed by atoms with Gasteiger partial charge in [0.05, 0.1) is 17.2 Å². The van der Waals surface area contributed by atoms with Crippen LogP contribution in [0.25, 0.3) is 5.76 Å². The fraction of sp³-hybridized carbons (Fsp3) is 0.200. The monoisotopic (exact) mass is 451 g/mol. The lowest BCUT2D eigenvalue weighted by molar-refractivity contribution is -0.132. The Morgan fingerprint density at radius 1 is 1.12 bits per heavy atom. The van der Waals surface area contributed by atoms with Gasteiger partial charge in [-0.05, 0) is 68.8 Å². The van der Waals surface area contributed by atoms with E-state index < -0.39 is 17.7 Å². The fourth-order valence-corrected chi connectivity index (χ4v) is 4.04. The largest absolute Gasteiger partial charge is 0.507 e. The van der Waals surface area contributed by atoms with E-state index in [1.54, 1.807) is 55.5 Å². The van der Waals surface area contributed by atoms with Gasteiger partial charge in [-0.3, -0.25) is 14.5 Å². The Morgan fingerprint density at radius 2 is 1.91 bits per heavy atom. The molecule has 0 radical (unpaired) electrons. The van der Waals surface area contributed by atoms with E-state index in [-0.39, 0.29) is 21.9 Å². The molecule has 1 atom stereocenters. The molecule has 0 saturated carbocycles. The number of aliphatic hydroxyl groups is 1. The van der Waals surface area contributed by atoms with Gasteiger partial charge >= 0.3 is 0 Å². The molecule has 1 unspecified atom stereocenters. The molecule has 1 aromatic heterocycles. The van der Waals surface area contributed by atoms with E-state index >= 15 is 0 Å². The molecule has 32 heavy (non-hydrogen) atoms. The van der Waals surface area contributed by atoms with Crippen molar-refractivity contribution in [1.29, 1.82) is 0 Å². The number of anilines is 1. The summed E-state index contributed by atoms with van der Waals surface area (Å²) in [4.78, 5) is 27.7. The minimum absolute atomic E-state index is 0.0959. The average molecular weight is 452 g/mol. The zero-order valence-electron chi connectivity index (χ0n) is 17.9. The van der Waals surface area contributed by atoms with E-state index in [1.807, 2.05) is 19.9 Å². The molecule has 1 N–H and O–H groups in total. The molecule has 1 amide bonds. The van der Waals surface area contributed by atoms with Crippen molar-refractivity contribution in [3.8, 4) is 5.75 Å². The van der Waals surface area contributed by atoms with Crippen LogP contribution in [0.3, 0.4) is 0 Å². The van der Waals surface area contributed by atoms with Crippen molar-refractivity contribution in [2.45, 2.75) is 26.8 Å². The number of halogens is 1. The van der Waals surface area contributed by atoms with Gasteiger partial charge in [0.25, 0.3) is 11.7 Å². The Kier molecular flexibility index (Phi) is 5.80. The summed E-state index contributed by atoms with van der Waals surface area (Å²) in [5.41, 5.74) is 1.56. The molecule has 3 aromatic rings. The maximum atomic E-state index is 13.2. The minimum Gasteiger partial charge on any atom is -0.507 e. The predicted molar refractivity (Wildman–Crippen MR) is 122 cm³/mol. The van der Waals surface area contributed by atoms with Crippen LogP contribution in [0.5, 0.6) is 5.75 Å². The first-order chi connectivity index (χ1) is 15.3. The summed E-state index contributed by atoms with van der Waals surface area (Å²) in [6, 6.07) is 14.5. The molecule has 1 aliphatic rings. The molecular formula is C25H22ClNO5. The number of amides is 1. The average Bonchev–Trinajstić information content (AvgIpc) is 3.30. The zero-order chi connectivity index (χ0) is 23.0. The Balaban J connectivity index is 1.95. The molecule has 2 heterocycles. The van der Waals surface area contributed by atoms with Crippen LogP contribution in [-0.2, 0) is 9.59 Å². The number of carbonyl (C=O) groups is 2. The molecule has 2 aromatic carbocycles. The van der Waals surface area contributed by atoms with E-state index in [9.17, 15) is 14.7 Å². The lowest BCUT2D eigenvalue weighted by atomic mass is 9.99. The number of carbonyl (C=O) groups excluding carboxylic acids is 2. The minimum atomic E-state index is -0.947. The first-order valence-electron chi connectivity index (χ1n) is 10.2. The van der Waals surface area contributed by atoms with Crippen molar-refractivity contribution >= 4 is 34.7 Å². The second kappa shape index (κ2) is 8.55. The van der Waals surface area contributed by atoms with E-state index in [0.717, 1.165) is 5.56 Å². The quantitative estimate of drug-likeness (QED) is 0.311. The SMILES string of the molecule is CCOc1ccc(Cl)c(/C(O)=C2\C(=O)C(=O)N(c3cccc(C)c3)C2c2ccc(C)o2)c1. The number of furan rings is 1. The molecular weight excluding hydrogens is 430 g/mol. The Bertz CT molecular complexity index is 1240. The predicted octanol–water partition coefficient (Wildman–Crippen LogP) is 5.57. The molecule has 0 bridgehead atoms. The molecule has 7 heteroatoms. The van der Waals surface area contributed by atoms with Crippen LogP contribution in [0.4, 0.5) is 5.69 Å². The number of nitrogens with zero attached hydrogens (tertiary/aromatic N) is 1. The smallest absolute Gasteiger partial charge is 0.300 e. The van der Waals surface area contributed by atoms with E-state index in [2.05, 4.69) is 0 Å². The number of ether oxygens (including phenoxy) is 1. The highest BCUT2D eigenvalue weighted by Crippen LogP contribution is 2.43. The Hall–Kier alpha value is -3.51. The summed E-state index contributed by atoms with van der Waals surface area (Å²) in [5.74, 6) is -0.497. The first-order valence-corrected chi connectivity index (χ1v) is 10.6. The summed E-state index contributed by atoms with van der Waals surface area (Å²) in [6.45, 7) is 5.92. The standard InChI is InChI=1S/C25H22ClNO5/c1-4-31-17-9-10-19(26)18(13-17)23(28)21-22(20-11-8-15(3)32-20)27(25(30)24(21)29)16-7-5-6-14(2)12-16/h5-13,22,28H,4H2,1-3H3/b23-21+. The van der Waals surface area contributed by atoms with Gasteiger partial charge in [-0.25, -0.2) is 0 Å². The maximum Gasteiger partial charge on any atom is 0.300 e. The lowest BCUT2D eigenvalue weighted by Crippen LogP contribution is -2.29. The first kappa shape index (κ1) is 21.7. The highest BCUT2D eigenvalue weighted by atomic mass is 35.5. The molecule has 4 rings (SSSR count). The van der Waals surface area contributed by atoms with Crippen LogP contribution >= 0.6 is 11.6 Å². The van der Waals surface area contributed by atoms with Gasteiger partial charge < -0.3 is 14.3 Å². The van der Waals surface area contributed by atoms with Gasteiger partial charge in [-0.1, -0.05) is 23.7 Å².